The summed E-state index contributed by atoms with van der Waals surface area (Å²) >= 11 is 0. The Labute approximate surface area is 123 Å². The van der Waals surface area contributed by atoms with Crippen LogP contribution in [0.2, 0.25) is 0 Å². The van der Waals surface area contributed by atoms with E-state index in [2.05, 4.69) is 22.5 Å². The summed E-state index contributed by atoms with van der Waals surface area (Å²) in [6.45, 7) is 2.95. The number of halogens is 1. The molecule has 1 aromatic carbocycles. The van der Waals surface area contributed by atoms with Crippen LogP contribution < -0.4 is 10.6 Å². The Morgan fingerprint density at radius 3 is 2.86 bits per heavy atom. The van der Waals surface area contributed by atoms with Gasteiger partial charge in [-0.15, -0.1) is 0 Å². The second-order valence-corrected chi connectivity index (χ2v) is 4.71. The molecule has 0 saturated carbocycles. The first-order valence-corrected chi connectivity index (χ1v) is 6.95. The molecule has 0 aliphatic heterocycles. The van der Waals surface area contributed by atoms with E-state index >= 15 is 0 Å². The fraction of sp³-hybridized carbons (Fsp3) is 0.250. The number of carbonyl (C=O) groups excluding carboxylic acids is 1. The number of amides is 1. The minimum atomic E-state index is -0.388. The molecule has 2 aromatic rings. The molecule has 0 saturated heterocycles. The fourth-order valence-corrected chi connectivity index (χ4v) is 1.84. The van der Waals surface area contributed by atoms with Crippen molar-refractivity contribution < 1.29 is 9.18 Å². The first-order valence-electron chi connectivity index (χ1n) is 6.95. The summed E-state index contributed by atoms with van der Waals surface area (Å²) in [5, 5.41) is 5.86. The SMILES string of the molecule is CCCCNc1cncc(C(=O)Nc2cccc(F)c2)c1. The number of nitrogens with one attached hydrogen (secondary N) is 2. The Morgan fingerprint density at radius 1 is 1.24 bits per heavy atom. The maximum Gasteiger partial charge on any atom is 0.257 e. The van der Waals surface area contributed by atoms with Crippen LogP contribution >= 0.6 is 0 Å². The Bertz CT molecular complexity index is 616. The lowest BCUT2D eigenvalue weighted by molar-refractivity contribution is 0.102. The molecular formula is C16H18FN3O. The van der Waals surface area contributed by atoms with Gasteiger partial charge < -0.3 is 10.6 Å². The highest BCUT2D eigenvalue weighted by atomic mass is 19.1. The quantitative estimate of drug-likeness (QED) is 0.797. The maximum absolute atomic E-state index is 13.1. The van der Waals surface area contributed by atoms with Gasteiger partial charge in [0.05, 0.1) is 11.3 Å². The number of rotatable bonds is 6. The highest BCUT2D eigenvalue weighted by Crippen LogP contribution is 2.13. The van der Waals surface area contributed by atoms with Crippen LogP contribution in [0.4, 0.5) is 15.8 Å². The number of hydrogen-bond donors (Lipinski definition) is 2. The number of nitrogens with zero attached hydrogens (tertiary/aromatic N) is 1. The zero-order valence-corrected chi connectivity index (χ0v) is 11.9. The normalized spacial score (nSPS) is 10.2. The molecule has 0 spiro atoms. The van der Waals surface area contributed by atoms with E-state index < -0.39 is 0 Å². The zero-order valence-electron chi connectivity index (χ0n) is 11.9. The van der Waals surface area contributed by atoms with Gasteiger partial charge in [-0.05, 0) is 30.7 Å². The molecule has 0 radical (unpaired) electrons. The summed E-state index contributed by atoms with van der Waals surface area (Å²) in [6.07, 6.45) is 5.31. The van der Waals surface area contributed by atoms with Crippen LogP contribution in [0.5, 0.6) is 0 Å². The molecule has 4 nitrogen and oxygen atoms in total. The Morgan fingerprint density at radius 2 is 2.10 bits per heavy atom. The molecule has 1 amide bonds. The number of pyridine rings is 1. The van der Waals surface area contributed by atoms with Gasteiger partial charge in [0.15, 0.2) is 0 Å². The van der Waals surface area contributed by atoms with Crippen LogP contribution in [-0.4, -0.2) is 17.4 Å². The van der Waals surface area contributed by atoms with Crippen molar-refractivity contribution in [2.45, 2.75) is 19.8 Å². The molecule has 0 bridgehead atoms. The van der Waals surface area contributed by atoms with Crippen LogP contribution in [0.25, 0.3) is 0 Å². The van der Waals surface area contributed by atoms with Gasteiger partial charge in [-0.3, -0.25) is 9.78 Å². The highest BCUT2D eigenvalue weighted by Gasteiger charge is 2.08. The van der Waals surface area contributed by atoms with Gasteiger partial charge in [0.2, 0.25) is 0 Å². The van der Waals surface area contributed by atoms with Gasteiger partial charge in [-0.2, -0.15) is 0 Å². The molecule has 21 heavy (non-hydrogen) atoms. The molecule has 0 fully saturated rings. The number of aromatic nitrogens is 1. The topological polar surface area (TPSA) is 54.0 Å². The number of anilines is 2. The molecule has 2 rings (SSSR count). The van der Waals surface area contributed by atoms with E-state index in [0.29, 0.717) is 11.3 Å². The van der Waals surface area contributed by atoms with Gasteiger partial charge in [-0.1, -0.05) is 19.4 Å². The van der Waals surface area contributed by atoms with Crippen molar-refractivity contribution in [3.63, 3.8) is 0 Å². The smallest absolute Gasteiger partial charge is 0.257 e. The Kier molecular flexibility index (Phi) is 5.26. The van der Waals surface area contributed by atoms with Crippen molar-refractivity contribution in [1.29, 1.82) is 0 Å². The number of hydrogen-bond acceptors (Lipinski definition) is 3. The summed E-state index contributed by atoms with van der Waals surface area (Å²) in [7, 11) is 0. The van der Waals surface area contributed by atoms with Crippen molar-refractivity contribution in [2.75, 3.05) is 17.2 Å². The fourth-order valence-electron chi connectivity index (χ4n) is 1.84. The Balaban J connectivity index is 2.03. The van der Waals surface area contributed by atoms with Gasteiger partial charge in [0, 0.05) is 24.6 Å². The van der Waals surface area contributed by atoms with Crippen molar-refractivity contribution in [1.82, 2.24) is 4.98 Å². The molecule has 1 heterocycles. The summed E-state index contributed by atoms with van der Waals surface area (Å²) in [4.78, 5) is 16.2. The van der Waals surface area contributed by atoms with Gasteiger partial charge in [0.1, 0.15) is 5.82 Å². The van der Waals surface area contributed by atoms with E-state index in [1.54, 1.807) is 24.4 Å². The molecule has 5 heteroatoms. The van der Waals surface area contributed by atoms with E-state index in [9.17, 15) is 9.18 Å². The molecule has 0 aliphatic rings. The maximum atomic E-state index is 13.1. The molecule has 2 N–H and O–H groups in total. The monoisotopic (exact) mass is 287 g/mol. The van der Waals surface area contributed by atoms with E-state index in [1.165, 1.54) is 18.3 Å². The molecule has 0 atom stereocenters. The first kappa shape index (κ1) is 15.0. The van der Waals surface area contributed by atoms with E-state index in [1.807, 2.05) is 0 Å². The highest BCUT2D eigenvalue weighted by molar-refractivity contribution is 6.04. The van der Waals surface area contributed by atoms with E-state index in [-0.39, 0.29) is 11.7 Å². The molecule has 110 valence electrons. The minimum absolute atomic E-state index is 0.313. The van der Waals surface area contributed by atoms with Crippen molar-refractivity contribution >= 4 is 17.3 Å². The second kappa shape index (κ2) is 7.38. The van der Waals surface area contributed by atoms with Crippen LogP contribution in [-0.2, 0) is 0 Å². The van der Waals surface area contributed by atoms with Crippen molar-refractivity contribution in [3.8, 4) is 0 Å². The van der Waals surface area contributed by atoms with Crippen molar-refractivity contribution in [2.24, 2.45) is 0 Å². The minimum Gasteiger partial charge on any atom is -0.384 e. The summed E-state index contributed by atoms with van der Waals surface area (Å²) in [5.41, 5.74) is 1.65. The number of unbranched alkanes of at least 4 members (excludes halogenated alkanes) is 1. The number of carbonyl (C=O) groups is 1. The van der Waals surface area contributed by atoms with Crippen LogP contribution in [0, 0.1) is 5.82 Å². The van der Waals surface area contributed by atoms with Crippen LogP contribution in [0.15, 0.2) is 42.7 Å². The Hall–Kier alpha value is -2.43. The third-order valence-electron chi connectivity index (χ3n) is 2.94. The third-order valence-corrected chi connectivity index (χ3v) is 2.94. The predicted molar refractivity (Wildman–Crippen MR) is 82.0 cm³/mol. The zero-order chi connectivity index (χ0) is 15.1. The first-order chi connectivity index (χ1) is 10.2. The summed E-state index contributed by atoms with van der Waals surface area (Å²) < 4.78 is 13.1. The van der Waals surface area contributed by atoms with E-state index in [0.717, 1.165) is 25.1 Å². The standard InChI is InChI=1S/C16H18FN3O/c1-2-3-7-19-15-8-12(10-18-11-15)16(21)20-14-6-4-5-13(17)9-14/h4-6,8-11,19H,2-3,7H2,1H3,(H,20,21). The lowest BCUT2D eigenvalue weighted by Gasteiger charge is -2.08. The van der Waals surface area contributed by atoms with Gasteiger partial charge in [0.25, 0.3) is 5.91 Å². The average Bonchev–Trinajstić information content (AvgIpc) is 2.48. The van der Waals surface area contributed by atoms with Crippen molar-refractivity contribution in [3.05, 3.63) is 54.1 Å². The summed E-state index contributed by atoms with van der Waals surface area (Å²) in [5.74, 6) is -0.701. The molecule has 0 unspecified atom stereocenters. The lowest BCUT2D eigenvalue weighted by atomic mass is 10.2. The largest absolute Gasteiger partial charge is 0.384 e. The second-order valence-electron chi connectivity index (χ2n) is 4.71. The molecular weight excluding hydrogens is 269 g/mol. The molecule has 0 aliphatic carbocycles. The third kappa shape index (κ3) is 4.56. The predicted octanol–water partition coefficient (Wildman–Crippen LogP) is 3.69. The van der Waals surface area contributed by atoms with E-state index in [4.69, 9.17) is 0 Å². The lowest BCUT2D eigenvalue weighted by Crippen LogP contribution is -2.13. The van der Waals surface area contributed by atoms with Crippen LogP contribution in [0.1, 0.15) is 30.1 Å². The van der Waals surface area contributed by atoms with Gasteiger partial charge >= 0.3 is 0 Å². The van der Waals surface area contributed by atoms with Gasteiger partial charge in [-0.25, -0.2) is 4.39 Å². The number of benzene rings is 1. The average molecular weight is 287 g/mol. The summed E-state index contributed by atoms with van der Waals surface area (Å²) in [6, 6.07) is 7.52. The van der Waals surface area contributed by atoms with Crippen LogP contribution in [0.3, 0.4) is 0 Å². The molecule has 1 aromatic heterocycles.